The van der Waals surface area contributed by atoms with Crippen molar-refractivity contribution in [2.24, 2.45) is 10.8 Å². The largest absolute Gasteiger partial charge is 0.507 e. The summed E-state index contributed by atoms with van der Waals surface area (Å²) >= 11 is 0. The van der Waals surface area contributed by atoms with E-state index in [-0.39, 0.29) is 28.4 Å². The second-order valence-electron chi connectivity index (χ2n) is 10.9. The molecule has 1 aliphatic heterocycles. The Bertz CT molecular complexity index is 1310. The molecule has 1 aromatic carbocycles. The summed E-state index contributed by atoms with van der Waals surface area (Å²) in [5, 5.41) is 27.5. The van der Waals surface area contributed by atoms with Crippen LogP contribution in [-0.2, 0) is 0 Å². The first-order valence-electron chi connectivity index (χ1n) is 12.3. The van der Waals surface area contributed by atoms with Gasteiger partial charge in [0, 0.05) is 24.1 Å². The summed E-state index contributed by atoms with van der Waals surface area (Å²) in [6.45, 7) is 5.22. The molecule has 2 fully saturated rings. The molecule has 36 heavy (non-hydrogen) atoms. The van der Waals surface area contributed by atoms with Gasteiger partial charge in [-0.2, -0.15) is 0 Å². The molecule has 9 nitrogen and oxygen atoms in total. The zero-order chi connectivity index (χ0) is 25.1. The lowest BCUT2D eigenvalue weighted by Crippen LogP contribution is -2.52. The van der Waals surface area contributed by atoms with Gasteiger partial charge in [-0.15, -0.1) is 20.4 Å². The van der Waals surface area contributed by atoms with Gasteiger partial charge >= 0.3 is 0 Å². The average Bonchev–Trinajstić information content (AvgIpc) is 3.17. The summed E-state index contributed by atoms with van der Waals surface area (Å²) in [5.41, 5.74) is 1.51. The van der Waals surface area contributed by atoms with Crippen LogP contribution in [0.5, 0.6) is 17.4 Å². The van der Waals surface area contributed by atoms with Gasteiger partial charge in [-0.25, -0.2) is 9.37 Å². The van der Waals surface area contributed by atoms with E-state index in [1.165, 1.54) is 0 Å². The quantitative estimate of drug-likeness (QED) is 0.573. The van der Waals surface area contributed by atoms with Crippen molar-refractivity contribution in [3.8, 4) is 40.0 Å². The van der Waals surface area contributed by atoms with Crippen LogP contribution in [0.4, 0.5) is 10.2 Å². The second kappa shape index (κ2) is 8.25. The van der Waals surface area contributed by atoms with E-state index in [0.717, 1.165) is 25.7 Å². The minimum atomic E-state index is -0.931. The van der Waals surface area contributed by atoms with Crippen LogP contribution in [-0.4, -0.2) is 63.0 Å². The molecule has 10 heteroatoms. The van der Waals surface area contributed by atoms with E-state index in [9.17, 15) is 5.11 Å². The van der Waals surface area contributed by atoms with E-state index in [4.69, 9.17) is 9.47 Å². The monoisotopic (exact) mass is 492 g/mol. The molecule has 0 saturated heterocycles. The van der Waals surface area contributed by atoms with E-state index in [0.29, 0.717) is 47.5 Å². The number of hydrogen-bond acceptors (Lipinski definition) is 9. The number of fused-ring (bicyclic) bond motifs is 3. The number of alkyl halides is 1. The van der Waals surface area contributed by atoms with E-state index < -0.39 is 6.17 Å². The number of hydrogen-bond donors (Lipinski definition) is 1. The number of nitrogens with zero attached hydrogens (tertiary/aromatic N) is 6. The highest BCUT2D eigenvalue weighted by Crippen LogP contribution is 2.59. The predicted octanol–water partition coefficient (Wildman–Crippen LogP) is 4.22. The zero-order valence-electron chi connectivity index (χ0n) is 20.6. The van der Waals surface area contributed by atoms with Crippen LogP contribution in [0.15, 0.2) is 30.5 Å². The van der Waals surface area contributed by atoms with E-state index in [1.807, 2.05) is 11.9 Å². The molecule has 3 aromatic rings. The van der Waals surface area contributed by atoms with Crippen LogP contribution in [0.25, 0.3) is 22.6 Å². The van der Waals surface area contributed by atoms with Gasteiger partial charge in [0.1, 0.15) is 25.1 Å². The number of aromatic hydroxyl groups is 1. The Morgan fingerprint density at radius 2 is 1.89 bits per heavy atom. The molecule has 0 unspecified atom stereocenters. The highest BCUT2D eigenvalue weighted by atomic mass is 19.1. The molecule has 6 rings (SSSR count). The molecule has 2 bridgehead atoms. The molecule has 3 heterocycles. The fourth-order valence-electron chi connectivity index (χ4n) is 6.16. The van der Waals surface area contributed by atoms with Gasteiger partial charge in [0.05, 0.1) is 23.5 Å². The van der Waals surface area contributed by atoms with Gasteiger partial charge in [-0.05, 0) is 43.2 Å². The SMILES string of the molecule is CN(c1cnc(-c2ccc(-c3cc4c(nn3)OCCO4)cc2O)nn1)[C@@H]1C[C@@]2(C)CC[C@](C)(C2)[C@@H]1F. The van der Waals surface area contributed by atoms with Crippen molar-refractivity contribution in [2.45, 2.75) is 51.7 Å². The molecule has 2 aromatic heterocycles. The lowest BCUT2D eigenvalue weighted by Gasteiger charge is -2.46. The molecule has 188 valence electrons. The van der Waals surface area contributed by atoms with E-state index in [1.54, 1.807) is 30.5 Å². The maximum atomic E-state index is 15.5. The van der Waals surface area contributed by atoms with Crippen molar-refractivity contribution in [3.63, 3.8) is 0 Å². The third kappa shape index (κ3) is 3.79. The van der Waals surface area contributed by atoms with Crippen LogP contribution in [0.1, 0.15) is 39.5 Å². The number of phenolic OH excluding ortho intramolecular Hbond substituents is 1. The van der Waals surface area contributed by atoms with Gasteiger partial charge in [-0.1, -0.05) is 19.9 Å². The number of halogens is 1. The van der Waals surface area contributed by atoms with Crippen molar-refractivity contribution in [2.75, 3.05) is 25.2 Å². The Hall–Kier alpha value is -3.56. The Kier molecular flexibility index (Phi) is 5.24. The number of phenols is 1. The molecule has 2 aliphatic carbocycles. The Morgan fingerprint density at radius 3 is 2.67 bits per heavy atom. The minimum Gasteiger partial charge on any atom is -0.507 e. The summed E-state index contributed by atoms with van der Waals surface area (Å²) in [6.07, 6.45) is 4.36. The molecule has 2 saturated carbocycles. The van der Waals surface area contributed by atoms with Crippen LogP contribution < -0.4 is 14.4 Å². The van der Waals surface area contributed by atoms with Crippen molar-refractivity contribution in [1.29, 1.82) is 0 Å². The van der Waals surface area contributed by atoms with E-state index >= 15 is 4.39 Å². The smallest absolute Gasteiger partial charge is 0.276 e. The van der Waals surface area contributed by atoms with Crippen LogP contribution in [0.2, 0.25) is 0 Å². The highest BCUT2D eigenvalue weighted by Gasteiger charge is 2.56. The van der Waals surface area contributed by atoms with Crippen LogP contribution in [0.3, 0.4) is 0 Å². The fourth-order valence-corrected chi connectivity index (χ4v) is 6.16. The van der Waals surface area contributed by atoms with Gasteiger partial charge in [-0.3, -0.25) is 0 Å². The topological polar surface area (TPSA) is 106 Å². The molecular formula is C26H29FN6O3. The van der Waals surface area contributed by atoms with Crippen LogP contribution in [0, 0.1) is 10.8 Å². The number of ether oxygens (including phenoxy) is 2. The average molecular weight is 493 g/mol. The lowest BCUT2D eigenvalue weighted by atomic mass is 9.67. The third-order valence-electron chi connectivity index (χ3n) is 8.09. The van der Waals surface area contributed by atoms with Gasteiger partial charge in [0.15, 0.2) is 17.4 Å². The number of rotatable bonds is 4. The van der Waals surface area contributed by atoms with Gasteiger partial charge in [0.25, 0.3) is 5.88 Å². The first kappa shape index (κ1) is 22.9. The molecule has 4 atom stereocenters. The Balaban J connectivity index is 1.22. The lowest BCUT2D eigenvalue weighted by molar-refractivity contribution is 0.0380. The summed E-state index contributed by atoms with van der Waals surface area (Å²) < 4.78 is 26.5. The van der Waals surface area contributed by atoms with Gasteiger partial charge in [0.2, 0.25) is 0 Å². The highest BCUT2D eigenvalue weighted by molar-refractivity contribution is 5.72. The summed E-state index contributed by atoms with van der Waals surface area (Å²) in [7, 11) is 1.86. The fraction of sp³-hybridized carbons (Fsp3) is 0.500. The number of anilines is 1. The maximum Gasteiger partial charge on any atom is 0.276 e. The van der Waals surface area contributed by atoms with Crippen molar-refractivity contribution in [3.05, 3.63) is 30.5 Å². The minimum absolute atomic E-state index is 0.0133. The molecule has 0 radical (unpaired) electrons. The first-order chi connectivity index (χ1) is 17.2. The summed E-state index contributed by atoms with van der Waals surface area (Å²) in [6, 6.07) is 6.55. The first-order valence-corrected chi connectivity index (χ1v) is 12.3. The third-order valence-corrected chi connectivity index (χ3v) is 8.09. The summed E-state index contributed by atoms with van der Waals surface area (Å²) in [5.74, 6) is 1.66. The summed E-state index contributed by atoms with van der Waals surface area (Å²) in [4.78, 5) is 6.31. The normalized spacial score (nSPS) is 28.7. The Morgan fingerprint density at radius 1 is 1.06 bits per heavy atom. The van der Waals surface area contributed by atoms with Crippen molar-refractivity contribution < 1.29 is 19.0 Å². The molecule has 0 spiro atoms. The van der Waals surface area contributed by atoms with Gasteiger partial charge < -0.3 is 19.5 Å². The number of benzene rings is 1. The van der Waals surface area contributed by atoms with E-state index in [2.05, 4.69) is 39.2 Å². The Labute approximate surface area is 208 Å². The molecule has 0 amide bonds. The molecular weight excluding hydrogens is 463 g/mol. The van der Waals surface area contributed by atoms with Crippen molar-refractivity contribution in [1.82, 2.24) is 25.4 Å². The number of aromatic nitrogens is 5. The second-order valence-corrected chi connectivity index (χ2v) is 10.9. The van der Waals surface area contributed by atoms with Crippen LogP contribution >= 0.6 is 0 Å². The molecule has 1 N–H and O–H groups in total. The molecule has 3 aliphatic rings. The van der Waals surface area contributed by atoms with Crippen molar-refractivity contribution >= 4 is 5.82 Å². The standard InChI is InChI=1S/C26H29FN6O3/c1-25-6-7-26(2,14-25)22(27)18(12-25)33(3)21-13-28-23(31-30-21)16-5-4-15(10-19(16)34)17-11-20-24(32-29-17)36-9-8-35-20/h4-5,10-11,13,18,22,34H,6-9,12,14H2,1-3H3/t18-,22-,25-,26-/m1/s1. The zero-order valence-corrected chi connectivity index (χ0v) is 20.6. The maximum absolute atomic E-state index is 15.5. The predicted molar refractivity (Wildman–Crippen MR) is 131 cm³/mol.